The standard InChI is InChI=1S/C21H42O2/c1-5-7-8-9-10-11-12-13-14-15-16-17-21(4,19-22)20(3)23-18-6-2/h6,20,22H,2,5,7-19H2,1,3-4H3. The second-order valence-corrected chi connectivity index (χ2v) is 7.36. The molecule has 0 aromatic heterocycles. The SMILES string of the molecule is C=CCOC(C)C(C)(CO)CCCCCCCCCCCCC. The molecular formula is C21H42O2. The highest BCUT2D eigenvalue weighted by atomic mass is 16.5. The van der Waals surface area contributed by atoms with Crippen LogP contribution in [0.4, 0.5) is 0 Å². The lowest BCUT2D eigenvalue weighted by atomic mass is 9.80. The minimum Gasteiger partial charge on any atom is -0.396 e. The van der Waals surface area contributed by atoms with Gasteiger partial charge >= 0.3 is 0 Å². The fourth-order valence-corrected chi connectivity index (χ4v) is 3.02. The molecule has 0 amide bonds. The number of unbranched alkanes of at least 4 members (excludes halogenated alkanes) is 10. The Bertz CT molecular complexity index is 265. The number of hydrogen-bond acceptors (Lipinski definition) is 2. The van der Waals surface area contributed by atoms with Crippen molar-refractivity contribution in [3.05, 3.63) is 12.7 Å². The van der Waals surface area contributed by atoms with Crippen LogP contribution in [0.25, 0.3) is 0 Å². The maximum Gasteiger partial charge on any atom is 0.0648 e. The maximum absolute atomic E-state index is 9.71. The van der Waals surface area contributed by atoms with E-state index in [-0.39, 0.29) is 18.1 Å². The summed E-state index contributed by atoms with van der Waals surface area (Å²) >= 11 is 0. The maximum atomic E-state index is 9.71. The second-order valence-electron chi connectivity index (χ2n) is 7.36. The summed E-state index contributed by atoms with van der Waals surface area (Å²) in [5.41, 5.74) is -0.123. The Balaban J connectivity index is 3.58. The molecule has 0 aromatic carbocycles. The Kier molecular flexibility index (Phi) is 15.0. The highest BCUT2D eigenvalue weighted by Gasteiger charge is 2.30. The van der Waals surface area contributed by atoms with Crippen LogP contribution in [0.1, 0.15) is 97.8 Å². The predicted molar refractivity (Wildman–Crippen MR) is 102 cm³/mol. The Hall–Kier alpha value is -0.340. The normalized spacial score (nSPS) is 15.3. The molecule has 2 unspecified atom stereocenters. The number of rotatable bonds is 17. The first-order valence-electron chi connectivity index (χ1n) is 9.94. The Morgan fingerprint density at radius 1 is 0.957 bits per heavy atom. The van der Waals surface area contributed by atoms with E-state index < -0.39 is 0 Å². The number of aliphatic hydroxyl groups excluding tert-OH is 1. The summed E-state index contributed by atoms with van der Waals surface area (Å²) in [7, 11) is 0. The Labute approximate surface area is 145 Å². The summed E-state index contributed by atoms with van der Waals surface area (Å²) in [6.45, 7) is 10.9. The van der Waals surface area contributed by atoms with E-state index in [4.69, 9.17) is 4.74 Å². The van der Waals surface area contributed by atoms with E-state index in [0.29, 0.717) is 6.61 Å². The van der Waals surface area contributed by atoms with Gasteiger partial charge in [-0.3, -0.25) is 0 Å². The van der Waals surface area contributed by atoms with Gasteiger partial charge in [-0.1, -0.05) is 90.6 Å². The van der Waals surface area contributed by atoms with Gasteiger partial charge in [-0.15, -0.1) is 6.58 Å². The van der Waals surface area contributed by atoms with Crippen molar-refractivity contribution in [3.8, 4) is 0 Å². The molecule has 2 atom stereocenters. The van der Waals surface area contributed by atoms with Crippen LogP contribution in [0.15, 0.2) is 12.7 Å². The molecule has 2 nitrogen and oxygen atoms in total. The third kappa shape index (κ3) is 11.8. The van der Waals surface area contributed by atoms with E-state index in [1.165, 1.54) is 70.6 Å². The molecule has 0 heterocycles. The van der Waals surface area contributed by atoms with Crippen LogP contribution in [0.3, 0.4) is 0 Å². The molecule has 0 rings (SSSR count). The highest BCUT2D eigenvalue weighted by molar-refractivity contribution is 4.81. The van der Waals surface area contributed by atoms with E-state index in [1.807, 2.05) is 0 Å². The van der Waals surface area contributed by atoms with Gasteiger partial charge in [0, 0.05) is 5.41 Å². The summed E-state index contributed by atoms with van der Waals surface area (Å²) in [6, 6.07) is 0. The number of hydrogen-bond donors (Lipinski definition) is 1. The first-order valence-corrected chi connectivity index (χ1v) is 9.94. The molecule has 0 aliphatic heterocycles. The molecule has 0 saturated carbocycles. The topological polar surface area (TPSA) is 29.5 Å². The lowest BCUT2D eigenvalue weighted by molar-refractivity contribution is -0.0423. The summed E-state index contributed by atoms with van der Waals surface area (Å²) in [4.78, 5) is 0. The first-order chi connectivity index (χ1) is 11.1. The Morgan fingerprint density at radius 2 is 1.43 bits per heavy atom. The molecule has 138 valence electrons. The van der Waals surface area contributed by atoms with E-state index in [9.17, 15) is 5.11 Å². The minimum atomic E-state index is -0.123. The van der Waals surface area contributed by atoms with Crippen LogP contribution >= 0.6 is 0 Å². The van der Waals surface area contributed by atoms with Gasteiger partial charge in [0.25, 0.3) is 0 Å². The number of ether oxygens (including phenoxy) is 1. The monoisotopic (exact) mass is 326 g/mol. The Morgan fingerprint density at radius 3 is 1.87 bits per heavy atom. The first kappa shape index (κ1) is 22.7. The molecule has 2 heteroatoms. The molecule has 0 fully saturated rings. The third-order valence-electron chi connectivity index (χ3n) is 5.16. The number of aliphatic hydroxyl groups is 1. The molecule has 0 aliphatic rings. The lowest BCUT2D eigenvalue weighted by Gasteiger charge is -2.33. The molecule has 0 aliphatic carbocycles. The van der Waals surface area contributed by atoms with Crippen LogP contribution in [-0.2, 0) is 4.74 Å². The average Bonchev–Trinajstić information content (AvgIpc) is 2.57. The van der Waals surface area contributed by atoms with Gasteiger partial charge in [0.05, 0.1) is 19.3 Å². The van der Waals surface area contributed by atoms with Gasteiger partial charge in [-0.05, 0) is 13.3 Å². The molecule has 0 radical (unpaired) electrons. The van der Waals surface area contributed by atoms with Crippen molar-refractivity contribution in [1.82, 2.24) is 0 Å². The van der Waals surface area contributed by atoms with E-state index in [2.05, 4.69) is 27.4 Å². The van der Waals surface area contributed by atoms with Crippen LogP contribution < -0.4 is 0 Å². The smallest absolute Gasteiger partial charge is 0.0648 e. The van der Waals surface area contributed by atoms with Crippen LogP contribution in [0.2, 0.25) is 0 Å². The van der Waals surface area contributed by atoms with Gasteiger partial charge in [0.15, 0.2) is 0 Å². The lowest BCUT2D eigenvalue weighted by Crippen LogP contribution is -2.36. The third-order valence-corrected chi connectivity index (χ3v) is 5.16. The van der Waals surface area contributed by atoms with Gasteiger partial charge in [-0.25, -0.2) is 0 Å². The molecular weight excluding hydrogens is 284 g/mol. The summed E-state index contributed by atoms with van der Waals surface area (Å²) in [6.07, 6.45) is 17.9. The summed E-state index contributed by atoms with van der Waals surface area (Å²) < 4.78 is 5.72. The van der Waals surface area contributed by atoms with Crippen LogP contribution in [0, 0.1) is 5.41 Å². The van der Waals surface area contributed by atoms with E-state index in [1.54, 1.807) is 6.08 Å². The van der Waals surface area contributed by atoms with Crippen LogP contribution in [-0.4, -0.2) is 24.4 Å². The molecule has 23 heavy (non-hydrogen) atoms. The van der Waals surface area contributed by atoms with Crippen molar-refractivity contribution in [3.63, 3.8) is 0 Å². The van der Waals surface area contributed by atoms with Crippen molar-refractivity contribution in [2.75, 3.05) is 13.2 Å². The largest absolute Gasteiger partial charge is 0.396 e. The van der Waals surface area contributed by atoms with Gasteiger partial charge in [0.2, 0.25) is 0 Å². The van der Waals surface area contributed by atoms with E-state index in [0.717, 1.165) is 6.42 Å². The average molecular weight is 327 g/mol. The van der Waals surface area contributed by atoms with Gasteiger partial charge in [-0.2, -0.15) is 0 Å². The molecule has 0 spiro atoms. The predicted octanol–water partition coefficient (Wildman–Crippen LogP) is 6.28. The van der Waals surface area contributed by atoms with Crippen molar-refractivity contribution < 1.29 is 9.84 Å². The zero-order valence-corrected chi connectivity index (χ0v) is 16.1. The quantitative estimate of drug-likeness (QED) is 0.252. The fourth-order valence-electron chi connectivity index (χ4n) is 3.02. The summed E-state index contributed by atoms with van der Waals surface area (Å²) in [5, 5.41) is 9.71. The zero-order chi connectivity index (χ0) is 17.4. The highest BCUT2D eigenvalue weighted by Crippen LogP contribution is 2.30. The molecule has 0 aromatic rings. The van der Waals surface area contributed by atoms with Gasteiger partial charge < -0.3 is 9.84 Å². The van der Waals surface area contributed by atoms with Crippen molar-refractivity contribution in [2.24, 2.45) is 5.41 Å². The zero-order valence-electron chi connectivity index (χ0n) is 16.1. The van der Waals surface area contributed by atoms with Crippen molar-refractivity contribution >= 4 is 0 Å². The molecule has 0 saturated heterocycles. The molecule has 0 bridgehead atoms. The minimum absolute atomic E-state index is 0.0774. The fraction of sp³-hybridized carbons (Fsp3) is 0.905. The molecule has 1 N–H and O–H groups in total. The van der Waals surface area contributed by atoms with Crippen molar-refractivity contribution in [1.29, 1.82) is 0 Å². The van der Waals surface area contributed by atoms with Crippen LogP contribution in [0.5, 0.6) is 0 Å². The summed E-state index contributed by atoms with van der Waals surface area (Å²) in [5.74, 6) is 0. The van der Waals surface area contributed by atoms with Gasteiger partial charge in [0.1, 0.15) is 0 Å². The second kappa shape index (κ2) is 15.2. The van der Waals surface area contributed by atoms with E-state index >= 15 is 0 Å². The van der Waals surface area contributed by atoms with Crippen molar-refractivity contribution in [2.45, 2.75) is 104 Å².